The summed E-state index contributed by atoms with van der Waals surface area (Å²) in [6.07, 6.45) is 5.25. The number of methoxy groups -OCH3 is 2. The average molecular weight is 692 g/mol. The molecule has 4 N–H and O–H groups in total. The van der Waals surface area contributed by atoms with Crippen LogP contribution in [0.2, 0.25) is 0 Å². The summed E-state index contributed by atoms with van der Waals surface area (Å²) in [5.74, 6) is 1.16. The van der Waals surface area contributed by atoms with E-state index in [9.17, 15) is 25.2 Å². The van der Waals surface area contributed by atoms with E-state index in [0.29, 0.717) is 60.6 Å². The van der Waals surface area contributed by atoms with Gasteiger partial charge in [-0.2, -0.15) is 0 Å². The third-order valence-electron chi connectivity index (χ3n) is 10.9. The lowest BCUT2D eigenvalue weighted by atomic mass is 9.64. The Kier molecular flexibility index (Phi) is 12.1. The van der Waals surface area contributed by atoms with Gasteiger partial charge >= 0.3 is 0 Å². The highest BCUT2D eigenvalue weighted by molar-refractivity contribution is 7.14. The van der Waals surface area contributed by atoms with Crippen LogP contribution in [0.5, 0.6) is 11.5 Å². The van der Waals surface area contributed by atoms with Gasteiger partial charge in [0, 0.05) is 47.1 Å². The maximum Gasteiger partial charge on any atom is 0.203 e. The number of fused-ring (bicyclic) bond motifs is 8. The van der Waals surface area contributed by atoms with Crippen LogP contribution in [0.15, 0.2) is 60.2 Å². The number of hydrogen-bond donors (Lipinski definition) is 4. The van der Waals surface area contributed by atoms with E-state index >= 15 is 0 Å². The molecule has 9 heteroatoms. The molecule has 2 bridgehead atoms. The summed E-state index contributed by atoms with van der Waals surface area (Å²) >= 11 is 1.49. The molecule has 1 heterocycles. The van der Waals surface area contributed by atoms with Crippen molar-refractivity contribution in [3.05, 3.63) is 92.2 Å². The summed E-state index contributed by atoms with van der Waals surface area (Å²) in [6.45, 7) is 6.66. The molecule has 1 saturated carbocycles. The number of nitrogens with zero attached hydrogens (tertiary/aromatic N) is 1. The first-order valence-corrected chi connectivity index (χ1v) is 18.2. The largest absolute Gasteiger partial charge is 0.497 e. The summed E-state index contributed by atoms with van der Waals surface area (Å²) in [5, 5.41) is 44.3. The summed E-state index contributed by atoms with van der Waals surface area (Å²) in [4.78, 5) is 18.0. The first-order valence-electron chi connectivity index (χ1n) is 17.4. The fraction of sp³-hybridized carbons (Fsp3) is 0.525. The molecule has 0 radical (unpaired) electrons. The molecule has 5 unspecified atom stereocenters. The van der Waals surface area contributed by atoms with Crippen molar-refractivity contribution in [1.82, 2.24) is 4.90 Å². The van der Waals surface area contributed by atoms with Gasteiger partial charge in [-0.3, -0.25) is 9.69 Å². The van der Waals surface area contributed by atoms with E-state index in [1.54, 1.807) is 14.2 Å². The Labute approximate surface area is 295 Å². The lowest BCUT2D eigenvalue weighted by Gasteiger charge is -2.46. The molecule has 2 aromatic carbocycles. The first-order chi connectivity index (χ1) is 23.4. The topological polar surface area (TPSA) is 120 Å². The van der Waals surface area contributed by atoms with E-state index in [4.69, 9.17) is 9.47 Å². The lowest BCUT2D eigenvalue weighted by molar-refractivity contribution is -0.0908. The lowest BCUT2D eigenvalue weighted by Crippen LogP contribution is -2.53. The Morgan fingerprint density at radius 3 is 2.55 bits per heavy atom. The fourth-order valence-corrected chi connectivity index (χ4v) is 8.84. The predicted molar refractivity (Wildman–Crippen MR) is 194 cm³/mol. The van der Waals surface area contributed by atoms with E-state index in [1.165, 1.54) is 16.9 Å². The smallest absolute Gasteiger partial charge is 0.203 e. The van der Waals surface area contributed by atoms with Gasteiger partial charge in [-0.15, -0.1) is 11.3 Å². The second-order valence-corrected chi connectivity index (χ2v) is 15.7. The summed E-state index contributed by atoms with van der Waals surface area (Å²) in [7, 11) is 3.21. The quantitative estimate of drug-likeness (QED) is 0.139. The predicted octanol–water partition coefficient (Wildman–Crippen LogP) is 6.20. The van der Waals surface area contributed by atoms with Gasteiger partial charge in [0.2, 0.25) is 5.78 Å². The number of aliphatic hydroxyl groups is 4. The Hall–Kier alpha value is -3.05. The molecule has 6 rings (SSSR count). The molecule has 0 aliphatic heterocycles. The number of benzene rings is 2. The molecular weight excluding hydrogens is 639 g/mol. The molecule has 49 heavy (non-hydrogen) atoms. The zero-order valence-electron chi connectivity index (χ0n) is 29.6. The van der Waals surface area contributed by atoms with Gasteiger partial charge in [0.05, 0.1) is 43.5 Å². The van der Waals surface area contributed by atoms with Crippen molar-refractivity contribution >= 4 is 17.1 Å². The molecular formula is C40H53NO7S. The van der Waals surface area contributed by atoms with Crippen molar-refractivity contribution in [2.75, 3.05) is 33.9 Å². The molecule has 266 valence electrons. The molecule has 3 aliphatic carbocycles. The van der Waals surface area contributed by atoms with Gasteiger partial charge < -0.3 is 29.9 Å². The van der Waals surface area contributed by atoms with Gasteiger partial charge in [-0.05, 0) is 100 Å². The standard InChI is InChI=1S/C40H53NO7S/c1-26-7-6-17-39(3)35(33-14-10-28(19-30(43)12-8-26)20-34(33)38(45)37-15-9-27(2)49-37)16-18-40(39,46)25-41(23-31(44)24-42)22-29-11-13-32(47-4)21-36(29)48-5/h7,9-11,13-15,20-21,30-31,35,42-44,46H,6,8,12,16-19,22-25H2,1-5H3. The van der Waals surface area contributed by atoms with E-state index in [-0.39, 0.29) is 24.8 Å². The van der Waals surface area contributed by atoms with Crippen LogP contribution in [0.3, 0.4) is 0 Å². The maximum atomic E-state index is 14.2. The number of allylic oxidation sites excluding steroid dienone is 2. The number of thiophene rings is 1. The zero-order chi connectivity index (χ0) is 35.3. The van der Waals surface area contributed by atoms with E-state index < -0.39 is 29.8 Å². The van der Waals surface area contributed by atoms with Crippen molar-refractivity contribution in [3.8, 4) is 11.5 Å². The Bertz CT molecular complexity index is 1630. The normalized spacial score (nSPS) is 25.1. The van der Waals surface area contributed by atoms with E-state index in [2.05, 4.69) is 26.0 Å². The van der Waals surface area contributed by atoms with Crippen LogP contribution >= 0.6 is 11.3 Å². The molecule has 0 spiro atoms. The molecule has 0 saturated heterocycles. The van der Waals surface area contributed by atoms with Crippen LogP contribution in [0.25, 0.3) is 0 Å². The Balaban J connectivity index is 1.57. The minimum atomic E-state index is -1.18. The van der Waals surface area contributed by atoms with E-state index in [1.807, 2.05) is 54.3 Å². The molecule has 1 aromatic heterocycles. The van der Waals surface area contributed by atoms with Crippen LogP contribution in [-0.4, -0.2) is 82.8 Å². The zero-order valence-corrected chi connectivity index (χ0v) is 30.4. The summed E-state index contributed by atoms with van der Waals surface area (Å²) in [5.41, 5.74) is 2.78. The van der Waals surface area contributed by atoms with Crippen LogP contribution < -0.4 is 9.47 Å². The van der Waals surface area contributed by atoms with Crippen molar-refractivity contribution in [2.45, 2.75) is 96.0 Å². The first kappa shape index (κ1) is 37.2. The molecule has 1 fully saturated rings. The van der Waals surface area contributed by atoms with Gasteiger partial charge in [-0.1, -0.05) is 36.8 Å². The maximum absolute atomic E-state index is 14.2. The van der Waals surface area contributed by atoms with Gasteiger partial charge in [0.25, 0.3) is 0 Å². The number of aryl methyl sites for hydroxylation is 1. The van der Waals surface area contributed by atoms with Crippen molar-refractivity contribution < 1.29 is 34.7 Å². The number of hydrogen-bond acceptors (Lipinski definition) is 9. The number of ketones is 1. The fourth-order valence-electron chi connectivity index (χ4n) is 8.02. The van der Waals surface area contributed by atoms with Crippen LogP contribution in [0, 0.1) is 12.3 Å². The Morgan fingerprint density at radius 1 is 1.06 bits per heavy atom. The SMILES string of the molecule is COc1ccc(CN(CC(O)CO)CC2(O)CCC3c4ccc(cc4C(=O)c4ccc(C)s4)CC(O)CCC(C)=CCCC32C)c(OC)c1. The van der Waals surface area contributed by atoms with Gasteiger partial charge in [-0.25, -0.2) is 0 Å². The highest BCUT2D eigenvalue weighted by Gasteiger charge is 2.57. The summed E-state index contributed by atoms with van der Waals surface area (Å²) in [6, 6.07) is 15.6. The number of carbonyl (C=O) groups excluding carboxylic acids is 1. The molecule has 5 atom stereocenters. The number of rotatable bonds is 11. The summed E-state index contributed by atoms with van der Waals surface area (Å²) < 4.78 is 11.1. The van der Waals surface area contributed by atoms with Crippen molar-refractivity contribution in [2.24, 2.45) is 5.41 Å². The molecule has 3 aliphatic rings. The number of ether oxygens (including phenoxy) is 2. The van der Waals surface area contributed by atoms with E-state index in [0.717, 1.165) is 34.4 Å². The molecule has 8 nitrogen and oxygen atoms in total. The van der Waals surface area contributed by atoms with Gasteiger partial charge in [0.1, 0.15) is 11.5 Å². The third kappa shape index (κ3) is 8.30. The average Bonchev–Trinajstić information content (AvgIpc) is 3.63. The number of aliphatic hydroxyl groups excluding tert-OH is 3. The number of carbonyl (C=O) groups is 1. The second-order valence-electron chi connectivity index (χ2n) is 14.4. The second kappa shape index (κ2) is 15.9. The van der Waals surface area contributed by atoms with Crippen molar-refractivity contribution in [1.29, 1.82) is 0 Å². The minimum absolute atomic E-state index is 0.0237. The highest BCUT2D eigenvalue weighted by Crippen LogP contribution is 2.59. The Morgan fingerprint density at radius 2 is 1.86 bits per heavy atom. The third-order valence-corrected chi connectivity index (χ3v) is 11.9. The van der Waals surface area contributed by atoms with Crippen molar-refractivity contribution in [3.63, 3.8) is 0 Å². The minimum Gasteiger partial charge on any atom is -0.497 e. The highest BCUT2D eigenvalue weighted by atomic mass is 32.1. The van der Waals surface area contributed by atoms with Gasteiger partial charge in [0.15, 0.2) is 0 Å². The van der Waals surface area contributed by atoms with Crippen LogP contribution in [-0.2, 0) is 13.0 Å². The van der Waals surface area contributed by atoms with Crippen LogP contribution in [0.1, 0.15) is 95.1 Å². The monoisotopic (exact) mass is 691 g/mol. The van der Waals surface area contributed by atoms with Crippen LogP contribution in [0.4, 0.5) is 0 Å². The molecule has 3 aromatic rings. The molecule has 0 amide bonds.